The molecular formula is C97H134N24O21S. The predicted molar refractivity (Wildman–Crippen MR) is 531 cm³/mol. The first kappa shape index (κ1) is 115. The summed E-state index contributed by atoms with van der Waals surface area (Å²) in [6.07, 6.45) is -4.42. The molecule has 0 aliphatic carbocycles. The lowest BCUT2D eigenvalue weighted by molar-refractivity contribution is -0.148. The van der Waals surface area contributed by atoms with E-state index in [1.165, 1.54) is 72.3 Å². The van der Waals surface area contributed by atoms with Gasteiger partial charge in [-0.05, 0) is 122 Å². The Labute approximate surface area is 831 Å². The molecule has 0 spiro atoms. The standard InChI is InChI=1S/C97H134N24O21S/c1-50(2)40-67-87(134)118-79(52(5)6)92(139)119-80(55(9)122)93(140)116-73(89(136)107-53(7)81(99)128)48-143-49-76(125)108-71(45-75(98)124)85(132)112-68(42-58-32-36-62(123)37-33-58)84(131)114-72(46-77(126)127)86(133)113-70(44-61-47-106-64-27-19-18-26-63(61)64)88(135)117-78(51(3)4)91(138)115-69(41-57-30-34-60(35-31-57)59-24-16-13-17-25-59)83(130)110-66(29-21-39-105-97(102)103)95(142)120(10)54(8)94(141)121(11)74(43-56-22-14-12-15-23-56)90(137)109-65(82(129)111-67)28-20-38-104-96(100)101/h12-19,22-27,30-37,47,50-55,65-74,78-80,106,122-123H,20-21,28-29,38-46,48-49H2,1-11H3,(H2,98,124)(H2,99,128)(H,107,136)(H,108,125)(H,109,137)(H,110,130)(H,111,129)(H,112,132)(H,113,133)(H,114,131)(H,115,138)(H,116,140)(H,117,135)(H,118,134)(H,119,139)(H,126,127)(H4,100,101,104)(H4,102,103,105)/t53-,54-,55+,65-,66-,67-,68-,69-,70-,71-,72-,73-,74-,78-,79-,80-/m0/s1. The van der Waals surface area contributed by atoms with Gasteiger partial charge in [0.15, 0.2) is 11.9 Å². The van der Waals surface area contributed by atoms with Crippen LogP contribution in [-0.4, -0.2) is 284 Å². The number of nitrogens with one attached hydrogen (secondary N) is 18. The van der Waals surface area contributed by atoms with E-state index in [1.54, 1.807) is 107 Å². The number of rotatable bonds is 29. The molecule has 1 aromatic heterocycles. The van der Waals surface area contributed by atoms with E-state index in [2.05, 4.69) is 84.7 Å². The quantitative estimate of drug-likeness (QED) is 0.0133. The van der Waals surface area contributed by atoms with Gasteiger partial charge in [-0.1, -0.05) is 157 Å². The minimum absolute atomic E-state index is 0.0180. The highest BCUT2D eigenvalue weighted by atomic mass is 32.2. The number of benzene rings is 5. The summed E-state index contributed by atoms with van der Waals surface area (Å²) in [4.78, 5) is 268. The van der Waals surface area contributed by atoms with Crippen LogP contribution in [-0.2, 0) is 112 Å². The van der Waals surface area contributed by atoms with Gasteiger partial charge in [0.05, 0.1) is 24.7 Å². The molecule has 6 aromatic rings. The number of phenolic OH excluding ortho intramolecular Hbond substituents is 1. The van der Waals surface area contributed by atoms with Crippen molar-refractivity contribution in [3.05, 3.63) is 162 Å². The van der Waals surface area contributed by atoms with Gasteiger partial charge in [0, 0.05) is 75.7 Å². The number of carbonyl (C=O) groups excluding carboxylic acids is 17. The lowest BCUT2D eigenvalue weighted by atomic mass is 9.98. The number of aliphatic hydroxyl groups excluding tert-OH is 1. The predicted octanol–water partition coefficient (Wildman–Crippen LogP) is -2.35. The molecule has 1 saturated heterocycles. The van der Waals surface area contributed by atoms with Crippen LogP contribution in [0.3, 0.4) is 0 Å². The van der Waals surface area contributed by atoms with Crippen LogP contribution in [0, 0.1) is 28.6 Å². The summed E-state index contributed by atoms with van der Waals surface area (Å²) >= 11 is 0.604. The Bertz CT molecular complexity index is 5480. The highest BCUT2D eigenvalue weighted by molar-refractivity contribution is 8.00. The molecule has 0 radical (unpaired) electrons. The normalized spacial score (nSPS) is 22.9. The molecule has 16 atom stereocenters. The van der Waals surface area contributed by atoms with E-state index in [0.717, 1.165) is 27.9 Å². The lowest BCUT2D eigenvalue weighted by Crippen LogP contribution is -2.63. The van der Waals surface area contributed by atoms with Crippen LogP contribution in [0.4, 0.5) is 0 Å². The molecule has 0 bridgehead atoms. The number of H-pyrrole nitrogens is 1. The molecule has 5 aromatic carbocycles. The zero-order valence-electron chi connectivity index (χ0n) is 81.7. The van der Waals surface area contributed by atoms with E-state index in [0.29, 0.717) is 39.4 Å². The van der Waals surface area contributed by atoms with Crippen molar-refractivity contribution < 1.29 is 102 Å². The molecular weight excluding hydrogens is 1870 g/mol. The smallest absolute Gasteiger partial charge is 0.305 e. The number of para-hydroxylation sites is 1. The molecule has 774 valence electrons. The van der Waals surface area contributed by atoms with Gasteiger partial charge in [0.25, 0.3) is 0 Å². The van der Waals surface area contributed by atoms with Crippen molar-refractivity contribution in [1.29, 1.82) is 10.8 Å². The molecule has 0 unspecified atom stereocenters. The van der Waals surface area contributed by atoms with Crippen LogP contribution >= 0.6 is 11.8 Å². The molecule has 7 rings (SSSR count). The van der Waals surface area contributed by atoms with Gasteiger partial charge in [-0.2, -0.15) is 0 Å². The first-order valence-corrected chi connectivity index (χ1v) is 47.9. The summed E-state index contributed by atoms with van der Waals surface area (Å²) in [7, 11) is 2.56. The number of phenols is 1. The first-order chi connectivity index (χ1) is 67.6. The topological polar surface area (TPSA) is 722 Å². The van der Waals surface area contributed by atoms with Gasteiger partial charge >= 0.3 is 5.97 Å². The van der Waals surface area contributed by atoms with Crippen LogP contribution in [0.1, 0.15) is 130 Å². The molecule has 1 aliphatic rings. The van der Waals surface area contributed by atoms with Crippen molar-refractivity contribution in [2.75, 3.05) is 38.7 Å². The molecule has 46 heteroatoms. The number of likely N-dealkylation sites (N-methyl/N-ethyl adjacent to an activating group) is 2. The number of hydrogen-bond acceptors (Lipinski definition) is 23. The van der Waals surface area contributed by atoms with E-state index >= 15 is 43.2 Å². The maximum Gasteiger partial charge on any atom is 0.305 e. The molecule has 17 amide bonds. The fourth-order valence-corrected chi connectivity index (χ4v) is 16.4. The number of thioether (sulfide) groups is 1. The summed E-state index contributed by atoms with van der Waals surface area (Å²) in [6.45, 7) is 13.2. The van der Waals surface area contributed by atoms with Gasteiger partial charge < -0.3 is 133 Å². The third-order valence-electron chi connectivity index (χ3n) is 23.7. The summed E-state index contributed by atoms with van der Waals surface area (Å²) in [5.41, 5.74) is 26.2. The number of fused-ring (bicyclic) bond motifs is 1. The number of primary amides is 2. The number of guanidine groups is 2. The average molecular weight is 2000 g/mol. The number of aromatic amines is 1. The Morgan fingerprint density at radius 3 is 1.43 bits per heavy atom. The monoisotopic (exact) mass is 2000 g/mol. The molecule has 143 heavy (non-hydrogen) atoms. The van der Waals surface area contributed by atoms with Crippen LogP contribution in [0.2, 0.25) is 0 Å². The molecule has 29 N–H and O–H groups in total. The van der Waals surface area contributed by atoms with Gasteiger partial charge in [-0.25, -0.2) is 0 Å². The number of carboxylic acids is 1. The number of amides is 17. The van der Waals surface area contributed by atoms with Crippen molar-refractivity contribution in [2.45, 2.75) is 230 Å². The van der Waals surface area contributed by atoms with Gasteiger partial charge in [-0.3, -0.25) is 97.1 Å². The Morgan fingerprint density at radius 2 is 0.895 bits per heavy atom. The Balaban J connectivity index is 1.37. The van der Waals surface area contributed by atoms with Crippen LogP contribution in [0.15, 0.2) is 140 Å². The van der Waals surface area contributed by atoms with Crippen LogP contribution in [0.25, 0.3) is 22.0 Å². The summed E-state index contributed by atoms with van der Waals surface area (Å²) < 4.78 is 0. The summed E-state index contributed by atoms with van der Waals surface area (Å²) in [6, 6.07) is 11.1. The summed E-state index contributed by atoms with van der Waals surface area (Å²) in [5.74, 6) is -24.5. The Morgan fingerprint density at radius 1 is 0.462 bits per heavy atom. The summed E-state index contributed by atoms with van der Waals surface area (Å²) in [5, 5.41) is 86.9. The second kappa shape index (κ2) is 55.7. The number of carboxylic acid groups (broad SMARTS) is 1. The van der Waals surface area contributed by atoms with Gasteiger partial charge in [0.1, 0.15) is 96.4 Å². The minimum atomic E-state index is -2.14. The van der Waals surface area contributed by atoms with E-state index in [-0.39, 0.29) is 75.3 Å². The number of aliphatic carboxylic acids is 1. The van der Waals surface area contributed by atoms with Gasteiger partial charge in [0.2, 0.25) is 100 Å². The third kappa shape index (κ3) is 36.4. The van der Waals surface area contributed by atoms with E-state index in [9.17, 15) is 58.5 Å². The minimum Gasteiger partial charge on any atom is -0.508 e. The maximum atomic E-state index is 15.6. The highest BCUT2D eigenvalue weighted by Gasteiger charge is 2.43. The molecule has 1 aliphatic heterocycles. The zero-order chi connectivity index (χ0) is 106. The van der Waals surface area contributed by atoms with E-state index in [1.807, 2.05) is 30.3 Å². The molecule has 1 fully saturated rings. The fraction of sp³-hybridized carbons (Fsp3) is 0.464. The van der Waals surface area contributed by atoms with Crippen LogP contribution < -0.4 is 103 Å². The van der Waals surface area contributed by atoms with Crippen molar-refractivity contribution in [3.8, 4) is 16.9 Å². The Hall–Kier alpha value is -15.2. The zero-order valence-corrected chi connectivity index (χ0v) is 82.5. The number of aliphatic hydroxyl groups is 1. The average Bonchev–Trinajstić information content (AvgIpc) is 1.77. The number of carbonyl (C=O) groups is 18. The first-order valence-electron chi connectivity index (χ1n) is 46.8. The van der Waals surface area contributed by atoms with Gasteiger partial charge in [-0.15, -0.1) is 11.8 Å². The van der Waals surface area contributed by atoms with E-state index in [4.69, 9.17) is 33.8 Å². The SMILES string of the molecule is CC(C)C[C@@H]1NC(=O)[C@H](CCCNC(=N)N)NC(=O)[C@H](Cc2ccccc2)N(C)C(=O)[C@H](C)N(C)C(=O)[C@H](CCCNC(=N)N)NC(=O)[C@H](Cc2ccc(-c3ccccc3)cc2)NC(=O)[C@H](C(C)C)NC(=O)[C@H](Cc2c[nH]c3ccccc23)NC(=O)[C@H](CC(=O)O)NC(=O)[C@H](Cc2ccc(O)cc2)NC(=O)[C@H](CC(N)=O)NC(=O)CSC[C@@H](C(=O)N[C@@H](C)C(N)=O)NC(=O)[C@H]([C@@H](C)O)NC(=O)[C@H](C(C)C)NC1=O. The number of aromatic hydroxyl groups is 1. The van der Waals surface area contributed by atoms with Crippen molar-refractivity contribution in [3.63, 3.8) is 0 Å². The number of aromatic nitrogens is 1. The number of hydrogen-bond donors (Lipinski definition) is 25. The van der Waals surface area contributed by atoms with Crippen LogP contribution in [0.5, 0.6) is 5.75 Å². The number of nitrogens with two attached hydrogens (primary N) is 4. The second-order valence-electron chi connectivity index (χ2n) is 36.3. The molecule has 45 nitrogen and oxygen atoms in total. The maximum absolute atomic E-state index is 15.6. The lowest BCUT2D eigenvalue weighted by Gasteiger charge is -2.35. The van der Waals surface area contributed by atoms with Crippen molar-refractivity contribution in [1.82, 2.24) is 94.5 Å². The van der Waals surface area contributed by atoms with Crippen molar-refractivity contribution in [2.24, 2.45) is 40.7 Å². The largest absolute Gasteiger partial charge is 0.508 e. The third-order valence-corrected chi connectivity index (χ3v) is 24.7. The fourth-order valence-electron chi connectivity index (χ4n) is 15.5. The second-order valence-corrected chi connectivity index (χ2v) is 37.3. The molecule has 2 heterocycles. The highest BCUT2D eigenvalue weighted by Crippen LogP contribution is 2.25. The number of nitrogens with zero attached hydrogens (tertiary/aromatic N) is 2. The molecule has 0 saturated carbocycles. The Kier molecular flexibility index (Phi) is 44.7. The van der Waals surface area contributed by atoms with E-state index < -0.39 is 264 Å². The van der Waals surface area contributed by atoms with Crippen molar-refractivity contribution >= 4 is 141 Å².